The number of alkyl halides is 3. The molecule has 1 aliphatic carbocycles. The third-order valence-corrected chi connectivity index (χ3v) is 6.27. The number of hydrogen-bond donors (Lipinski definition) is 2. The number of amides is 1. The van der Waals surface area contributed by atoms with Crippen molar-refractivity contribution in [1.29, 1.82) is 0 Å². The molecule has 1 saturated carbocycles. The fourth-order valence-corrected chi connectivity index (χ4v) is 4.11. The van der Waals surface area contributed by atoms with Crippen molar-refractivity contribution in [2.24, 2.45) is 0 Å². The molecule has 1 fully saturated rings. The van der Waals surface area contributed by atoms with E-state index < -0.39 is 45.4 Å². The SMILES string of the molecule is CC(OC(=O)c1ccc(S(=O)(=O)NC2CC2)cc1)C(=O)Nc1ccc(Cl)cc1C(F)(F)F. The minimum atomic E-state index is -4.76. The molecule has 12 heteroatoms. The Hall–Kier alpha value is -2.63. The van der Waals surface area contributed by atoms with Crippen LogP contribution in [0.15, 0.2) is 47.4 Å². The van der Waals surface area contributed by atoms with Gasteiger partial charge in [0.2, 0.25) is 10.0 Å². The van der Waals surface area contributed by atoms with Crippen LogP contribution in [0.3, 0.4) is 0 Å². The van der Waals surface area contributed by atoms with Gasteiger partial charge in [0, 0.05) is 11.1 Å². The molecule has 7 nitrogen and oxygen atoms in total. The van der Waals surface area contributed by atoms with Crippen LogP contribution >= 0.6 is 11.6 Å². The fraction of sp³-hybridized carbons (Fsp3) is 0.300. The second kappa shape index (κ2) is 9.08. The van der Waals surface area contributed by atoms with Gasteiger partial charge in [0.25, 0.3) is 5.91 Å². The third-order valence-electron chi connectivity index (χ3n) is 4.50. The van der Waals surface area contributed by atoms with E-state index in [0.29, 0.717) is 6.07 Å². The zero-order chi connectivity index (χ0) is 23.7. The number of anilines is 1. The van der Waals surface area contributed by atoms with Crippen molar-refractivity contribution in [3.05, 3.63) is 58.6 Å². The molecule has 1 unspecified atom stereocenters. The van der Waals surface area contributed by atoms with Gasteiger partial charge < -0.3 is 10.1 Å². The molecule has 1 aliphatic rings. The summed E-state index contributed by atoms with van der Waals surface area (Å²) >= 11 is 5.60. The normalized spacial score (nSPS) is 15.2. The van der Waals surface area contributed by atoms with Gasteiger partial charge in [-0.15, -0.1) is 0 Å². The summed E-state index contributed by atoms with van der Waals surface area (Å²) in [5.74, 6) is -1.93. The molecule has 32 heavy (non-hydrogen) atoms. The lowest BCUT2D eigenvalue weighted by molar-refractivity contribution is -0.137. The first-order valence-electron chi connectivity index (χ1n) is 9.38. The predicted molar refractivity (Wildman–Crippen MR) is 110 cm³/mol. The summed E-state index contributed by atoms with van der Waals surface area (Å²) < 4.78 is 71.3. The van der Waals surface area contributed by atoms with Crippen molar-refractivity contribution in [1.82, 2.24) is 4.72 Å². The lowest BCUT2D eigenvalue weighted by atomic mass is 10.1. The number of carbonyl (C=O) groups is 2. The smallest absolute Gasteiger partial charge is 0.418 e. The number of esters is 1. The molecule has 2 aromatic rings. The summed E-state index contributed by atoms with van der Waals surface area (Å²) in [6.07, 6.45) is -4.66. The van der Waals surface area contributed by atoms with E-state index in [1.807, 2.05) is 0 Å². The molecule has 1 atom stereocenters. The molecule has 3 rings (SSSR count). The summed E-state index contributed by atoms with van der Waals surface area (Å²) in [6, 6.07) is 7.63. The first kappa shape index (κ1) is 24.0. The van der Waals surface area contributed by atoms with E-state index >= 15 is 0 Å². The standard InChI is InChI=1S/C20H18ClF3N2O5S/c1-11(18(27)25-17-9-4-13(21)10-16(17)20(22,23)24)31-19(28)12-2-7-15(8-3-12)32(29,30)26-14-5-6-14/h2-4,7-11,14,26H,5-6H2,1H3,(H,25,27). The molecule has 0 aliphatic heterocycles. The van der Waals surface area contributed by atoms with Gasteiger partial charge in [-0.25, -0.2) is 17.9 Å². The van der Waals surface area contributed by atoms with Crippen molar-refractivity contribution < 1.29 is 35.9 Å². The maximum Gasteiger partial charge on any atom is 0.418 e. The molecule has 0 bridgehead atoms. The number of sulfonamides is 1. The quantitative estimate of drug-likeness (QED) is 0.572. The van der Waals surface area contributed by atoms with Crippen molar-refractivity contribution in [3.63, 3.8) is 0 Å². The zero-order valence-corrected chi connectivity index (χ0v) is 18.1. The monoisotopic (exact) mass is 490 g/mol. The molecular formula is C20H18ClF3N2O5S. The summed E-state index contributed by atoms with van der Waals surface area (Å²) in [7, 11) is -3.70. The topological polar surface area (TPSA) is 102 Å². The molecular weight excluding hydrogens is 473 g/mol. The lowest BCUT2D eigenvalue weighted by Crippen LogP contribution is -2.31. The van der Waals surface area contributed by atoms with Gasteiger partial charge >= 0.3 is 12.1 Å². The summed E-state index contributed by atoms with van der Waals surface area (Å²) in [4.78, 5) is 24.5. The Morgan fingerprint density at radius 3 is 2.31 bits per heavy atom. The van der Waals surface area contributed by atoms with E-state index in [-0.39, 0.29) is 21.5 Å². The second-order valence-electron chi connectivity index (χ2n) is 7.14. The number of carbonyl (C=O) groups excluding carboxylic acids is 2. The fourth-order valence-electron chi connectivity index (χ4n) is 2.64. The largest absolute Gasteiger partial charge is 0.449 e. The Kier molecular flexibility index (Phi) is 6.82. The highest BCUT2D eigenvalue weighted by Gasteiger charge is 2.35. The van der Waals surface area contributed by atoms with Crippen LogP contribution in [0.25, 0.3) is 0 Å². The van der Waals surface area contributed by atoms with Crippen LogP contribution in [0, 0.1) is 0 Å². The first-order chi connectivity index (χ1) is 14.9. The van der Waals surface area contributed by atoms with Crippen molar-refractivity contribution in [2.45, 2.75) is 43.0 Å². The van der Waals surface area contributed by atoms with E-state index in [0.717, 1.165) is 18.9 Å². The lowest BCUT2D eigenvalue weighted by Gasteiger charge is -2.17. The van der Waals surface area contributed by atoms with Gasteiger partial charge in [0.05, 0.1) is 21.7 Å². The number of halogens is 4. The average molecular weight is 491 g/mol. The minimum Gasteiger partial charge on any atom is -0.449 e. The Labute approximate surface area is 186 Å². The van der Waals surface area contributed by atoms with E-state index in [4.69, 9.17) is 16.3 Å². The molecule has 1 amide bonds. The summed E-state index contributed by atoms with van der Waals surface area (Å²) in [5.41, 5.74) is -1.71. The molecule has 2 aromatic carbocycles. The van der Waals surface area contributed by atoms with Crippen molar-refractivity contribution in [3.8, 4) is 0 Å². The van der Waals surface area contributed by atoms with Crippen LogP contribution in [0.4, 0.5) is 18.9 Å². The molecule has 0 spiro atoms. The van der Waals surface area contributed by atoms with Gasteiger partial charge in [0.1, 0.15) is 0 Å². The number of ether oxygens (including phenoxy) is 1. The van der Waals surface area contributed by atoms with E-state index in [2.05, 4.69) is 10.0 Å². The predicted octanol–water partition coefficient (Wildman–Crippen LogP) is 3.98. The summed E-state index contributed by atoms with van der Waals surface area (Å²) in [6.45, 7) is 1.19. The van der Waals surface area contributed by atoms with Gasteiger partial charge in [0.15, 0.2) is 6.10 Å². The number of rotatable bonds is 7. The van der Waals surface area contributed by atoms with Crippen molar-refractivity contribution in [2.75, 3.05) is 5.32 Å². The van der Waals surface area contributed by atoms with Gasteiger partial charge in [-0.1, -0.05) is 11.6 Å². The minimum absolute atomic E-state index is 0.0301. The second-order valence-corrected chi connectivity index (χ2v) is 9.29. The molecule has 0 saturated heterocycles. The zero-order valence-electron chi connectivity index (χ0n) is 16.6. The highest BCUT2D eigenvalue weighted by molar-refractivity contribution is 7.89. The van der Waals surface area contributed by atoms with Crippen LogP contribution in [-0.4, -0.2) is 32.4 Å². The number of nitrogens with one attached hydrogen (secondary N) is 2. The van der Waals surface area contributed by atoms with Crippen LogP contribution in [-0.2, 0) is 25.7 Å². The molecule has 0 heterocycles. The van der Waals surface area contributed by atoms with Crippen LogP contribution in [0.2, 0.25) is 5.02 Å². The van der Waals surface area contributed by atoms with Crippen LogP contribution < -0.4 is 10.0 Å². The van der Waals surface area contributed by atoms with E-state index in [1.165, 1.54) is 37.3 Å². The highest BCUT2D eigenvalue weighted by Crippen LogP contribution is 2.36. The molecule has 172 valence electrons. The Morgan fingerprint density at radius 2 is 1.75 bits per heavy atom. The molecule has 0 radical (unpaired) electrons. The number of hydrogen-bond acceptors (Lipinski definition) is 5. The molecule has 2 N–H and O–H groups in total. The molecule has 0 aromatic heterocycles. The maximum absolute atomic E-state index is 13.2. The first-order valence-corrected chi connectivity index (χ1v) is 11.2. The summed E-state index contributed by atoms with van der Waals surface area (Å²) in [5, 5.41) is 1.91. The van der Waals surface area contributed by atoms with E-state index in [1.54, 1.807) is 0 Å². The van der Waals surface area contributed by atoms with Crippen LogP contribution in [0.5, 0.6) is 0 Å². The Balaban J connectivity index is 1.65. The Morgan fingerprint density at radius 1 is 1.12 bits per heavy atom. The van der Waals surface area contributed by atoms with Crippen molar-refractivity contribution >= 4 is 39.2 Å². The Bertz CT molecular complexity index is 1130. The van der Waals surface area contributed by atoms with Gasteiger partial charge in [-0.05, 0) is 62.2 Å². The number of benzene rings is 2. The third kappa shape index (κ3) is 5.99. The maximum atomic E-state index is 13.2. The van der Waals surface area contributed by atoms with Gasteiger partial charge in [-0.2, -0.15) is 13.2 Å². The average Bonchev–Trinajstić information content (AvgIpc) is 3.51. The highest BCUT2D eigenvalue weighted by atomic mass is 35.5. The van der Waals surface area contributed by atoms with Gasteiger partial charge in [-0.3, -0.25) is 4.79 Å². The van der Waals surface area contributed by atoms with Crippen LogP contribution in [0.1, 0.15) is 35.7 Å². The van der Waals surface area contributed by atoms with E-state index in [9.17, 15) is 31.2 Å².